The van der Waals surface area contributed by atoms with E-state index in [2.05, 4.69) is 10.4 Å². The smallest absolute Gasteiger partial charge is 0.307 e. The maximum atomic E-state index is 11.5. The van der Waals surface area contributed by atoms with E-state index in [1.165, 1.54) is 0 Å². The molecule has 0 bridgehead atoms. The van der Waals surface area contributed by atoms with E-state index in [-0.39, 0.29) is 12.0 Å². The molecule has 1 rings (SSSR count). The lowest BCUT2D eigenvalue weighted by atomic mass is 10.0. The molecule has 17 heavy (non-hydrogen) atoms. The van der Waals surface area contributed by atoms with E-state index in [9.17, 15) is 4.79 Å². The van der Waals surface area contributed by atoms with Crippen molar-refractivity contribution in [2.45, 2.75) is 33.2 Å². The first-order chi connectivity index (χ1) is 8.10. The monoisotopic (exact) mass is 239 g/mol. The first-order valence-electron chi connectivity index (χ1n) is 5.97. The lowest BCUT2D eigenvalue weighted by Crippen LogP contribution is -2.25. The van der Waals surface area contributed by atoms with Gasteiger partial charge in [-0.2, -0.15) is 5.10 Å². The Kier molecular flexibility index (Phi) is 5.15. The second-order valence-corrected chi connectivity index (χ2v) is 3.93. The van der Waals surface area contributed by atoms with Crippen molar-refractivity contribution in [1.29, 1.82) is 0 Å². The van der Waals surface area contributed by atoms with E-state index in [4.69, 9.17) is 4.74 Å². The Balaban J connectivity index is 2.78. The van der Waals surface area contributed by atoms with E-state index < -0.39 is 0 Å². The summed E-state index contributed by atoms with van der Waals surface area (Å²) < 4.78 is 6.79. The molecule has 5 nitrogen and oxygen atoms in total. The molecule has 0 aliphatic rings. The van der Waals surface area contributed by atoms with Gasteiger partial charge in [0.1, 0.15) is 0 Å². The van der Waals surface area contributed by atoms with Crippen LogP contribution in [0.15, 0.2) is 6.20 Å². The Morgan fingerprint density at radius 3 is 2.76 bits per heavy atom. The number of esters is 1. The number of carbonyl (C=O) groups is 1. The number of aryl methyl sites for hydroxylation is 1. The highest BCUT2D eigenvalue weighted by Gasteiger charge is 2.19. The van der Waals surface area contributed by atoms with Crippen molar-refractivity contribution in [3.63, 3.8) is 0 Å². The maximum absolute atomic E-state index is 11.5. The van der Waals surface area contributed by atoms with Gasteiger partial charge in [-0.25, -0.2) is 0 Å². The van der Waals surface area contributed by atoms with Crippen molar-refractivity contribution >= 4 is 5.97 Å². The van der Waals surface area contributed by atoms with E-state index in [0.717, 1.165) is 17.8 Å². The van der Waals surface area contributed by atoms with Crippen LogP contribution in [0.25, 0.3) is 0 Å². The van der Waals surface area contributed by atoms with Crippen LogP contribution < -0.4 is 5.32 Å². The van der Waals surface area contributed by atoms with Crippen LogP contribution in [-0.4, -0.2) is 28.9 Å². The minimum absolute atomic E-state index is 0.0206. The zero-order valence-electron chi connectivity index (χ0n) is 11.0. The summed E-state index contributed by atoms with van der Waals surface area (Å²) in [5.74, 6) is -0.179. The molecule has 1 N–H and O–H groups in total. The van der Waals surface area contributed by atoms with E-state index in [1.54, 1.807) is 0 Å². The predicted molar refractivity (Wildman–Crippen MR) is 65.6 cm³/mol. The number of nitrogens with zero attached hydrogens (tertiary/aromatic N) is 2. The average molecular weight is 239 g/mol. The first kappa shape index (κ1) is 13.7. The van der Waals surface area contributed by atoms with Gasteiger partial charge in [-0.15, -0.1) is 0 Å². The summed E-state index contributed by atoms with van der Waals surface area (Å²) in [6, 6.07) is -0.0206. The van der Waals surface area contributed by atoms with Crippen molar-refractivity contribution < 1.29 is 9.53 Å². The number of nitrogens with one attached hydrogen (secondary N) is 1. The summed E-state index contributed by atoms with van der Waals surface area (Å²) in [4.78, 5) is 11.5. The van der Waals surface area contributed by atoms with Crippen LogP contribution in [0.1, 0.15) is 37.6 Å². The lowest BCUT2D eigenvalue weighted by Gasteiger charge is -2.16. The van der Waals surface area contributed by atoms with Gasteiger partial charge in [-0.05, 0) is 20.4 Å². The molecule has 1 atom stereocenters. The summed E-state index contributed by atoms with van der Waals surface area (Å²) in [5, 5.41) is 7.49. The highest BCUT2D eigenvalue weighted by molar-refractivity contribution is 5.70. The van der Waals surface area contributed by atoms with Crippen molar-refractivity contribution in [3.05, 3.63) is 17.5 Å². The van der Waals surface area contributed by atoms with E-state index in [0.29, 0.717) is 13.0 Å². The standard InChI is InChI=1S/C12H21N3O2/c1-5-13-11(7-12(16)17-6-2)10-8-14-15(4)9(10)3/h8,11,13H,5-7H2,1-4H3. The Morgan fingerprint density at radius 1 is 1.59 bits per heavy atom. The van der Waals surface area contributed by atoms with Gasteiger partial charge in [0.2, 0.25) is 0 Å². The molecule has 1 unspecified atom stereocenters. The number of ether oxygens (including phenoxy) is 1. The molecule has 1 heterocycles. The lowest BCUT2D eigenvalue weighted by molar-refractivity contribution is -0.143. The molecule has 0 aliphatic heterocycles. The predicted octanol–water partition coefficient (Wildman–Crippen LogP) is 1.33. The third kappa shape index (κ3) is 3.56. The third-order valence-corrected chi connectivity index (χ3v) is 2.78. The number of hydrogen-bond donors (Lipinski definition) is 1. The summed E-state index contributed by atoms with van der Waals surface area (Å²) >= 11 is 0. The number of hydrogen-bond acceptors (Lipinski definition) is 4. The molecule has 0 saturated carbocycles. The maximum Gasteiger partial charge on any atom is 0.307 e. The van der Waals surface area contributed by atoms with Gasteiger partial charge in [0, 0.05) is 24.3 Å². The average Bonchev–Trinajstić information content (AvgIpc) is 2.60. The molecule has 0 aromatic carbocycles. The number of aromatic nitrogens is 2. The SMILES string of the molecule is CCNC(CC(=O)OCC)c1cnn(C)c1C. The van der Waals surface area contributed by atoms with Gasteiger partial charge < -0.3 is 10.1 Å². The Hall–Kier alpha value is -1.36. The highest BCUT2D eigenvalue weighted by Crippen LogP contribution is 2.20. The van der Waals surface area contributed by atoms with Crippen molar-refractivity contribution in [2.24, 2.45) is 7.05 Å². The van der Waals surface area contributed by atoms with Crippen LogP contribution in [0.2, 0.25) is 0 Å². The van der Waals surface area contributed by atoms with Gasteiger partial charge in [0.15, 0.2) is 0 Å². The summed E-state index contributed by atoms with van der Waals surface area (Å²) in [6.45, 7) is 7.05. The number of rotatable bonds is 6. The zero-order chi connectivity index (χ0) is 12.8. The van der Waals surface area contributed by atoms with Crippen molar-refractivity contribution in [1.82, 2.24) is 15.1 Å². The summed E-state index contributed by atoms with van der Waals surface area (Å²) in [5.41, 5.74) is 2.13. The minimum Gasteiger partial charge on any atom is -0.466 e. The minimum atomic E-state index is -0.179. The van der Waals surface area contributed by atoms with Crippen molar-refractivity contribution in [2.75, 3.05) is 13.2 Å². The largest absolute Gasteiger partial charge is 0.466 e. The molecular weight excluding hydrogens is 218 g/mol. The Bertz CT molecular complexity index is 374. The highest BCUT2D eigenvalue weighted by atomic mass is 16.5. The van der Waals surface area contributed by atoms with Gasteiger partial charge in [0.05, 0.1) is 19.2 Å². The van der Waals surface area contributed by atoms with Crippen LogP contribution in [0.5, 0.6) is 0 Å². The Morgan fingerprint density at radius 2 is 2.29 bits per heavy atom. The molecule has 0 aliphatic carbocycles. The second kappa shape index (κ2) is 6.39. The third-order valence-electron chi connectivity index (χ3n) is 2.78. The molecular formula is C12H21N3O2. The number of carbonyl (C=O) groups excluding carboxylic acids is 1. The normalized spacial score (nSPS) is 12.5. The van der Waals surface area contributed by atoms with Crippen LogP contribution >= 0.6 is 0 Å². The molecule has 96 valence electrons. The molecule has 1 aromatic rings. The molecule has 0 fully saturated rings. The van der Waals surface area contributed by atoms with E-state index >= 15 is 0 Å². The van der Waals surface area contributed by atoms with Crippen LogP contribution in [-0.2, 0) is 16.6 Å². The summed E-state index contributed by atoms with van der Waals surface area (Å²) in [7, 11) is 1.90. The fourth-order valence-corrected chi connectivity index (χ4v) is 1.78. The van der Waals surface area contributed by atoms with Crippen molar-refractivity contribution in [3.8, 4) is 0 Å². The van der Waals surface area contributed by atoms with Gasteiger partial charge >= 0.3 is 5.97 Å². The van der Waals surface area contributed by atoms with Crippen LogP contribution in [0, 0.1) is 6.92 Å². The molecule has 1 aromatic heterocycles. The van der Waals surface area contributed by atoms with Gasteiger partial charge in [-0.1, -0.05) is 6.92 Å². The summed E-state index contributed by atoms with van der Waals surface area (Å²) in [6.07, 6.45) is 2.15. The molecule has 0 spiro atoms. The molecule has 0 amide bonds. The fourth-order valence-electron chi connectivity index (χ4n) is 1.78. The molecule has 5 heteroatoms. The van der Waals surface area contributed by atoms with Crippen LogP contribution in [0.3, 0.4) is 0 Å². The zero-order valence-corrected chi connectivity index (χ0v) is 11.0. The topological polar surface area (TPSA) is 56.1 Å². The quantitative estimate of drug-likeness (QED) is 0.761. The van der Waals surface area contributed by atoms with Crippen LogP contribution in [0.4, 0.5) is 0 Å². The van der Waals surface area contributed by atoms with Gasteiger partial charge in [-0.3, -0.25) is 9.48 Å². The fraction of sp³-hybridized carbons (Fsp3) is 0.667. The Labute approximate surface area is 102 Å². The van der Waals surface area contributed by atoms with Gasteiger partial charge in [0.25, 0.3) is 0 Å². The first-order valence-corrected chi connectivity index (χ1v) is 5.97. The van der Waals surface area contributed by atoms with E-state index in [1.807, 2.05) is 38.7 Å². The molecule has 0 saturated heterocycles. The second-order valence-electron chi connectivity index (χ2n) is 3.93. The molecule has 0 radical (unpaired) electrons.